The van der Waals surface area contributed by atoms with Crippen LogP contribution in [0.4, 0.5) is 5.69 Å². The normalized spacial score (nSPS) is 17.0. The molecular formula is C22H18N2O4. The van der Waals surface area contributed by atoms with Gasteiger partial charge >= 0.3 is 0 Å². The fourth-order valence-electron chi connectivity index (χ4n) is 2.97. The van der Waals surface area contributed by atoms with Crippen molar-refractivity contribution in [3.8, 4) is 0 Å². The molecule has 0 N–H and O–H groups in total. The topological polar surface area (TPSA) is 80.5 Å². The summed E-state index contributed by atoms with van der Waals surface area (Å²) in [5.41, 5.74) is 2.44. The molecule has 1 aliphatic heterocycles. The lowest BCUT2D eigenvalue weighted by atomic mass is 9.94. The van der Waals surface area contributed by atoms with E-state index in [9.17, 15) is 19.7 Å². The first-order valence-electron chi connectivity index (χ1n) is 8.64. The minimum absolute atomic E-state index is 0.0229. The number of piperidine rings is 1. The van der Waals surface area contributed by atoms with Crippen LogP contribution >= 0.6 is 0 Å². The molecule has 1 heterocycles. The molecule has 2 aromatic carbocycles. The van der Waals surface area contributed by atoms with Crippen LogP contribution < -0.4 is 0 Å². The molecule has 0 bridgehead atoms. The van der Waals surface area contributed by atoms with Crippen molar-refractivity contribution in [2.75, 3.05) is 13.1 Å². The molecule has 3 rings (SSSR count). The van der Waals surface area contributed by atoms with Gasteiger partial charge in [-0.15, -0.1) is 0 Å². The largest absolute Gasteiger partial charge is 0.330 e. The molecule has 1 fully saturated rings. The highest BCUT2D eigenvalue weighted by Gasteiger charge is 2.28. The van der Waals surface area contributed by atoms with E-state index in [4.69, 9.17) is 0 Å². The highest BCUT2D eigenvalue weighted by Crippen LogP contribution is 2.23. The Morgan fingerprint density at radius 2 is 1.50 bits per heavy atom. The Hall–Kier alpha value is -3.80. The van der Waals surface area contributed by atoms with Crippen LogP contribution in [0.5, 0.6) is 0 Å². The highest BCUT2D eigenvalue weighted by atomic mass is 16.6. The van der Waals surface area contributed by atoms with E-state index in [0.29, 0.717) is 16.7 Å². The summed E-state index contributed by atoms with van der Waals surface area (Å²) in [6.45, 7) is 3.88. The Labute approximate surface area is 162 Å². The third kappa shape index (κ3) is 4.29. The van der Waals surface area contributed by atoms with Crippen LogP contribution in [0, 0.1) is 10.1 Å². The monoisotopic (exact) mass is 374 g/mol. The molecule has 0 aliphatic carbocycles. The van der Waals surface area contributed by atoms with Crippen LogP contribution in [0.2, 0.25) is 0 Å². The van der Waals surface area contributed by atoms with Crippen molar-refractivity contribution >= 4 is 29.5 Å². The smallest absolute Gasteiger partial charge is 0.269 e. The third-order valence-corrected chi connectivity index (χ3v) is 4.38. The van der Waals surface area contributed by atoms with E-state index in [0.717, 1.165) is 5.56 Å². The molecule has 6 heteroatoms. The zero-order valence-corrected chi connectivity index (χ0v) is 15.1. The van der Waals surface area contributed by atoms with E-state index in [1.807, 2.05) is 30.3 Å². The van der Waals surface area contributed by atoms with Crippen molar-refractivity contribution in [2.45, 2.75) is 0 Å². The average Bonchev–Trinajstić information content (AvgIpc) is 2.71. The number of hydrogen-bond donors (Lipinski definition) is 0. The number of likely N-dealkylation sites (tertiary alicyclic amines) is 1. The highest BCUT2D eigenvalue weighted by molar-refractivity contribution is 6.15. The Kier molecular flexibility index (Phi) is 5.60. The molecule has 0 radical (unpaired) electrons. The van der Waals surface area contributed by atoms with Gasteiger partial charge in [0.25, 0.3) is 5.69 Å². The molecule has 6 nitrogen and oxygen atoms in total. The molecule has 1 saturated heterocycles. The molecule has 0 unspecified atom stereocenters. The van der Waals surface area contributed by atoms with Gasteiger partial charge in [-0.2, -0.15) is 0 Å². The number of nitro groups is 1. The fourth-order valence-corrected chi connectivity index (χ4v) is 2.97. The number of ketones is 1. The second kappa shape index (κ2) is 8.26. The predicted octanol–water partition coefficient (Wildman–Crippen LogP) is 3.66. The van der Waals surface area contributed by atoms with Gasteiger partial charge in [-0.25, -0.2) is 0 Å². The van der Waals surface area contributed by atoms with Crippen LogP contribution in [0.25, 0.3) is 12.2 Å². The first-order valence-corrected chi connectivity index (χ1v) is 8.64. The van der Waals surface area contributed by atoms with Gasteiger partial charge in [0.2, 0.25) is 5.91 Å². The van der Waals surface area contributed by atoms with Crippen molar-refractivity contribution in [3.63, 3.8) is 0 Å². The Morgan fingerprint density at radius 1 is 0.964 bits per heavy atom. The fraction of sp³-hybridized carbons (Fsp3) is 0.0909. The van der Waals surface area contributed by atoms with E-state index in [1.54, 1.807) is 29.2 Å². The summed E-state index contributed by atoms with van der Waals surface area (Å²) in [6, 6.07) is 15.3. The number of Topliss-reactive ketones (excluding diaryl/α,β-unsaturated/α-hetero) is 1. The lowest BCUT2D eigenvalue weighted by Crippen LogP contribution is -2.40. The Balaban J connectivity index is 1.97. The van der Waals surface area contributed by atoms with E-state index < -0.39 is 4.92 Å². The van der Waals surface area contributed by atoms with E-state index >= 15 is 0 Å². The molecule has 2 aromatic rings. The molecule has 0 spiro atoms. The minimum Gasteiger partial charge on any atom is -0.330 e. The van der Waals surface area contributed by atoms with Crippen LogP contribution in [0.15, 0.2) is 78.4 Å². The van der Waals surface area contributed by atoms with Crippen molar-refractivity contribution in [3.05, 3.63) is 99.6 Å². The summed E-state index contributed by atoms with van der Waals surface area (Å²) in [7, 11) is 0. The summed E-state index contributed by atoms with van der Waals surface area (Å²) < 4.78 is 0. The summed E-state index contributed by atoms with van der Waals surface area (Å²) in [5, 5.41) is 10.8. The predicted molar refractivity (Wildman–Crippen MR) is 107 cm³/mol. The lowest BCUT2D eigenvalue weighted by Gasteiger charge is -2.29. The van der Waals surface area contributed by atoms with Gasteiger partial charge in [0.15, 0.2) is 5.78 Å². The number of nitrogens with zero attached hydrogens (tertiary/aromatic N) is 2. The van der Waals surface area contributed by atoms with Gasteiger partial charge in [-0.3, -0.25) is 19.7 Å². The zero-order chi connectivity index (χ0) is 20.1. The minimum atomic E-state index is -0.478. The van der Waals surface area contributed by atoms with Gasteiger partial charge in [-0.1, -0.05) is 36.9 Å². The molecule has 28 heavy (non-hydrogen) atoms. The molecule has 0 saturated carbocycles. The Morgan fingerprint density at radius 3 is 2.00 bits per heavy atom. The first-order chi connectivity index (χ1) is 13.5. The quantitative estimate of drug-likeness (QED) is 0.465. The number of carbonyl (C=O) groups excluding carboxylic acids is 2. The number of hydrogen-bond acceptors (Lipinski definition) is 4. The number of nitro benzene ring substituents is 1. The van der Waals surface area contributed by atoms with Crippen LogP contribution in [-0.2, 0) is 9.59 Å². The maximum atomic E-state index is 13.0. The molecule has 140 valence electrons. The van der Waals surface area contributed by atoms with Crippen LogP contribution in [0.3, 0.4) is 0 Å². The zero-order valence-electron chi connectivity index (χ0n) is 15.1. The van der Waals surface area contributed by atoms with Crippen LogP contribution in [-0.4, -0.2) is 34.6 Å². The van der Waals surface area contributed by atoms with Gasteiger partial charge < -0.3 is 4.90 Å². The van der Waals surface area contributed by atoms with E-state index in [-0.39, 0.29) is 30.5 Å². The van der Waals surface area contributed by atoms with Crippen LogP contribution in [0.1, 0.15) is 11.1 Å². The maximum Gasteiger partial charge on any atom is 0.269 e. The van der Waals surface area contributed by atoms with Crippen molar-refractivity contribution in [1.82, 2.24) is 4.90 Å². The SMILES string of the molecule is C=CC(=O)N1C/C(=C\c2ccccc2)C(=O)/C(=C/c2ccc([N+](=O)[O-])cc2)C1. The number of carbonyl (C=O) groups is 2. The van der Waals surface area contributed by atoms with Gasteiger partial charge in [0.1, 0.15) is 0 Å². The summed E-state index contributed by atoms with van der Waals surface area (Å²) in [5.74, 6) is -0.406. The summed E-state index contributed by atoms with van der Waals surface area (Å²) in [4.78, 5) is 37.0. The second-order valence-corrected chi connectivity index (χ2v) is 6.33. The maximum absolute atomic E-state index is 13.0. The summed E-state index contributed by atoms with van der Waals surface area (Å²) in [6.07, 6.45) is 4.65. The van der Waals surface area contributed by atoms with Crippen molar-refractivity contribution < 1.29 is 14.5 Å². The van der Waals surface area contributed by atoms with E-state index in [2.05, 4.69) is 6.58 Å². The number of non-ortho nitro benzene ring substituents is 1. The van der Waals surface area contributed by atoms with Crippen molar-refractivity contribution in [2.24, 2.45) is 0 Å². The third-order valence-electron chi connectivity index (χ3n) is 4.38. The van der Waals surface area contributed by atoms with Crippen molar-refractivity contribution in [1.29, 1.82) is 0 Å². The lowest BCUT2D eigenvalue weighted by molar-refractivity contribution is -0.384. The average molecular weight is 374 g/mol. The molecule has 0 aromatic heterocycles. The number of benzene rings is 2. The molecule has 1 amide bonds. The number of amides is 1. The molecular weight excluding hydrogens is 356 g/mol. The molecule has 1 aliphatic rings. The van der Waals surface area contributed by atoms with Gasteiger partial charge in [0, 0.05) is 23.3 Å². The molecule has 0 atom stereocenters. The van der Waals surface area contributed by atoms with Gasteiger partial charge in [0.05, 0.1) is 18.0 Å². The second-order valence-electron chi connectivity index (χ2n) is 6.33. The summed E-state index contributed by atoms with van der Waals surface area (Å²) >= 11 is 0. The van der Waals surface area contributed by atoms with Gasteiger partial charge in [-0.05, 0) is 41.5 Å². The first kappa shape index (κ1) is 19.0. The Bertz CT molecular complexity index is 989. The standard InChI is InChI=1S/C22H18N2O4/c1-2-21(25)23-14-18(12-16-6-4-3-5-7-16)22(26)19(15-23)13-17-8-10-20(11-9-17)24(27)28/h2-13H,1,14-15H2/b18-12+,19-13+. The van der Waals surface area contributed by atoms with E-state index in [1.165, 1.54) is 18.2 Å². The number of rotatable bonds is 4.